The van der Waals surface area contributed by atoms with Crippen molar-refractivity contribution in [2.45, 2.75) is 25.0 Å². The number of anilines is 1. The predicted octanol–water partition coefficient (Wildman–Crippen LogP) is 4.37. The molecule has 1 heterocycles. The fourth-order valence-corrected chi connectivity index (χ4v) is 4.01. The number of para-hydroxylation sites is 2. The third-order valence-corrected chi connectivity index (χ3v) is 5.79. The molecule has 11 heteroatoms. The lowest BCUT2D eigenvalue weighted by Crippen LogP contribution is -2.31. The van der Waals surface area contributed by atoms with Gasteiger partial charge in [-0.15, -0.1) is 0 Å². The number of hydroxylamine groups is 1. The zero-order chi connectivity index (χ0) is 28.2. The summed E-state index contributed by atoms with van der Waals surface area (Å²) in [4.78, 5) is 24.6. The monoisotopic (exact) mass is 550 g/mol. The molecule has 3 aromatic carbocycles. The summed E-state index contributed by atoms with van der Waals surface area (Å²) in [6, 6.07) is 21.0. The van der Waals surface area contributed by atoms with Gasteiger partial charge in [0, 0.05) is 23.4 Å². The second kappa shape index (κ2) is 14.4. The summed E-state index contributed by atoms with van der Waals surface area (Å²) in [6.07, 6.45) is 0.993. The van der Waals surface area contributed by atoms with Crippen LogP contribution in [0.5, 0.6) is 23.0 Å². The van der Waals surface area contributed by atoms with E-state index in [4.69, 9.17) is 28.9 Å². The third-order valence-electron chi connectivity index (χ3n) is 5.79. The quantitative estimate of drug-likeness (QED) is 0.139. The average molecular weight is 551 g/mol. The Morgan fingerprint density at radius 3 is 2.58 bits per heavy atom. The van der Waals surface area contributed by atoms with E-state index in [2.05, 4.69) is 5.32 Å². The van der Waals surface area contributed by atoms with Crippen molar-refractivity contribution in [1.29, 1.82) is 0 Å². The van der Waals surface area contributed by atoms with Gasteiger partial charge in [0.15, 0.2) is 17.6 Å². The molecule has 0 aliphatic carbocycles. The van der Waals surface area contributed by atoms with E-state index >= 15 is 0 Å². The van der Waals surface area contributed by atoms with E-state index in [0.29, 0.717) is 47.1 Å². The zero-order valence-corrected chi connectivity index (χ0v) is 21.5. The van der Waals surface area contributed by atoms with Crippen LogP contribution in [0.1, 0.15) is 24.5 Å². The van der Waals surface area contributed by atoms with Crippen molar-refractivity contribution < 1.29 is 43.6 Å². The summed E-state index contributed by atoms with van der Waals surface area (Å²) >= 11 is 0. The number of carbonyl (C=O) groups excluding carboxylic acids is 2. The Balaban J connectivity index is 1.63. The van der Waals surface area contributed by atoms with Crippen LogP contribution in [0.2, 0.25) is 0 Å². The molecule has 40 heavy (non-hydrogen) atoms. The Bertz CT molecular complexity index is 1300. The van der Waals surface area contributed by atoms with Crippen LogP contribution in [0.3, 0.4) is 0 Å². The van der Waals surface area contributed by atoms with Gasteiger partial charge in [-0.2, -0.15) is 0 Å². The van der Waals surface area contributed by atoms with Crippen LogP contribution in [0.4, 0.5) is 10.5 Å². The second-order valence-corrected chi connectivity index (χ2v) is 8.55. The molecule has 0 unspecified atom stereocenters. The van der Waals surface area contributed by atoms with Crippen molar-refractivity contribution in [3.05, 3.63) is 90.5 Å². The van der Waals surface area contributed by atoms with Crippen LogP contribution in [0.25, 0.3) is 0 Å². The molecular weight excluding hydrogens is 520 g/mol. The summed E-state index contributed by atoms with van der Waals surface area (Å²) in [5.41, 5.74) is 2.51. The number of hydrogen-bond acceptors (Lipinski definition) is 9. The topological polar surface area (TPSA) is 145 Å². The van der Waals surface area contributed by atoms with Crippen LogP contribution < -0.4 is 29.7 Å². The van der Waals surface area contributed by atoms with Crippen molar-refractivity contribution in [2.24, 2.45) is 0 Å². The Kier molecular flexibility index (Phi) is 10.2. The van der Waals surface area contributed by atoms with Gasteiger partial charge in [0.25, 0.3) is 5.91 Å². The van der Waals surface area contributed by atoms with Gasteiger partial charge < -0.3 is 28.8 Å². The second-order valence-electron chi connectivity index (χ2n) is 8.55. The van der Waals surface area contributed by atoms with Gasteiger partial charge in [0.1, 0.15) is 24.2 Å². The van der Waals surface area contributed by atoms with E-state index in [9.17, 15) is 14.7 Å². The SMILES string of the molecule is O=C(/C=C/CC[C@H](Oc1ccccc1)[C@@H](OC(=O)Nc1ccc2c(c1)OCO2)c1ccccc1OCCO)NO. The first kappa shape index (κ1) is 28.3. The highest BCUT2D eigenvalue weighted by Gasteiger charge is 2.31. The number of fused-ring (bicyclic) bond motifs is 1. The molecule has 0 saturated heterocycles. The Morgan fingerprint density at radius 1 is 1.00 bits per heavy atom. The summed E-state index contributed by atoms with van der Waals surface area (Å²) < 4.78 is 28.7. The molecule has 3 aromatic rings. The Labute approximate surface area is 230 Å². The third kappa shape index (κ3) is 7.88. The number of aliphatic hydroxyl groups excluding tert-OH is 1. The molecular formula is C29H30N2O9. The van der Waals surface area contributed by atoms with Gasteiger partial charge in [-0.1, -0.05) is 42.5 Å². The molecule has 0 radical (unpaired) electrons. The first-order chi connectivity index (χ1) is 19.6. The van der Waals surface area contributed by atoms with Crippen molar-refractivity contribution in [3.8, 4) is 23.0 Å². The van der Waals surface area contributed by atoms with Crippen molar-refractivity contribution in [2.75, 3.05) is 25.3 Å². The standard InChI is InChI=1S/C29H30N2O9/c32-16-17-36-23-11-5-4-10-22(23)28(40-29(34)30-20-14-15-24-26(18-20)38-19-37-24)25(12-6-7-13-27(33)31-35)39-21-8-2-1-3-9-21/h1-5,7-11,13-15,18,25,28,32,35H,6,12,16-17,19H2,(H,30,34)(H,31,33)/b13-7+/t25-,28-/m0/s1. The summed E-state index contributed by atoms with van der Waals surface area (Å²) in [7, 11) is 0. The van der Waals surface area contributed by atoms with E-state index in [-0.39, 0.29) is 20.0 Å². The molecule has 2 atom stereocenters. The fraction of sp³-hybridized carbons (Fsp3) is 0.241. The van der Waals surface area contributed by atoms with Crippen LogP contribution in [0, 0.1) is 0 Å². The number of carbonyl (C=O) groups is 2. The predicted molar refractivity (Wildman–Crippen MR) is 144 cm³/mol. The van der Waals surface area contributed by atoms with Crippen LogP contribution in [-0.2, 0) is 9.53 Å². The minimum Gasteiger partial charge on any atom is -0.491 e. The van der Waals surface area contributed by atoms with Crippen molar-refractivity contribution >= 4 is 17.7 Å². The number of aliphatic hydroxyl groups is 1. The van der Waals surface area contributed by atoms with E-state index in [0.717, 1.165) is 0 Å². The van der Waals surface area contributed by atoms with Crippen LogP contribution >= 0.6 is 0 Å². The highest BCUT2D eigenvalue weighted by Crippen LogP contribution is 2.36. The molecule has 1 aliphatic heterocycles. The smallest absolute Gasteiger partial charge is 0.412 e. The number of nitrogens with one attached hydrogen (secondary N) is 2. The Hall–Kier alpha value is -4.74. The number of ether oxygens (including phenoxy) is 5. The number of allylic oxidation sites excluding steroid dienone is 1. The van der Waals surface area contributed by atoms with Gasteiger partial charge in [-0.05, 0) is 43.2 Å². The average Bonchev–Trinajstić information content (AvgIpc) is 3.45. The molecule has 2 amide bonds. The molecule has 11 nitrogen and oxygen atoms in total. The molecule has 0 spiro atoms. The van der Waals surface area contributed by atoms with Crippen LogP contribution in [0.15, 0.2) is 84.9 Å². The van der Waals surface area contributed by atoms with Gasteiger partial charge in [0.05, 0.1) is 6.61 Å². The Morgan fingerprint density at radius 2 is 1.77 bits per heavy atom. The largest absolute Gasteiger partial charge is 0.491 e. The van der Waals surface area contributed by atoms with Crippen LogP contribution in [-0.4, -0.2) is 48.4 Å². The number of hydrogen-bond donors (Lipinski definition) is 4. The van der Waals surface area contributed by atoms with E-state index in [1.165, 1.54) is 6.08 Å². The first-order valence-electron chi connectivity index (χ1n) is 12.6. The summed E-state index contributed by atoms with van der Waals surface area (Å²) in [5, 5.41) is 20.8. The molecule has 1 aliphatic rings. The van der Waals surface area contributed by atoms with E-state index < -0.39 is 24.2 Å². The van der Waals surface area contributed by atoms with Gasteiger partial charge in [-0.3, -0.25) is 15.3 Å². The van der Waals surface area contributed by atoms with E-state index in [1.54, 1.807) is 66.2 Å². The fourth-order valence-electron chi connectivity index (χ4n) is 4.01. The van der Waals surface area contributed by atoms with Crippen molar-refractivity contribution in [1.82, 2.24) is 5.48 Å². The lowest BCUT2D eigenvalue weighted by Gasteiger charge is -2.29. The molecule has 4 N–H and O–H groups in total. The lowest BCUT2D eigenvalue weighted by atomic mass is 9.99. The molecule has 0 bridgehead atoms. The maximum Gasteiger partial charge on any atom is 0.412 e. The molecule has 0 fully saturated rings. The number of benzene rings is 3. The zero-order valence-electron chi connectivity index (χ0n) is 21.5. The summed E-state index contributed by atoms with van der Waals surface area (Å²) in [6.45, 7) is -0.0642. The number of rotatable bonds is 13. The summed E-state index contributed by atoms with van der Waals surface area (Å²) in [5.74, 6) is 1.36. The highest BCUT2D eigenvalue weighted by atomic mass is 16.7. The maximum atomic E-state index is 13.2. The normalized spacial score (nSPS) is 13.3. The van der Waals surface area contributed by atoms with Crippen molar-refractivity contribution in [3.63, 3.8) is 0 Å². The van der Waals surface area contributed by atoms with Gasteiger partial charge >= 0.3 is 6.09 Å². The van der Waals surface area contributed by atoms with E-state index in [1.807, 2.05) is 18.2 Å². The molecule has 210 valence electrons. The van der Waals surface area contributed by atoms with Gasteiger partial charge in [0.2, 0.25) is 6.79 Å². The highest BCUT2D eigenvalue weighted by molar-refractivity contribution is 5.86. The molecule has 0 aromatic heterocycles. The lowest BCUT2D eigenvalue weighted by molar-refractivity contribution is -0.124. The molecule has 0 saturated carbocycles. The first-order valence-corrected chi connectivity index (χ1v) is 12.6. The molecule has 4 rings (SSSR count). The minimum atomic E-state index is -0.968. The van der Waals surface area contributed by atoms with Gasteiger partial charge in [-0.25, -0.2) is 10.3 Å². The minimum absolute atomic E-state index is 0.0380. The number of amides is 2. The maximum absolute atomic E-state index is 13.2.